The van der Waals surface area contributed by atoms with E-state index in [2.05, 4.69) is 10.2 Å². The Morgan fingerprint density at radius 1 is 1.10 bits per heavy atom. The number of hydrogen-bond donors (Lipinski definition) is 1. The number of hydrogen-bond acceptors (Lipinski definition) is 7. The highest BCUT2D eigenvalue weighted by molar-refractivity contribution is 5.98. The van der Waals surface area contributed by atoms with Gasteiger partial charge in [-0.05, 0) is 50.1 Å². The Hall–Kier alpha value is -3.73. The van der Waals surface area contributed by atoms with Gasteiger partial charge >= 0.3 is 5.97 Å². The van der Waals surface area contributed by atoms with Gasteiger partial charge in [0, 0.05) is 19.2 Å². The van der Waals surface area contributed by atoms with E-state index in [1.165, 1.54) is 7.11 Å². The van der Waals surface area contributed by atoms with Gasteiger partial charge in [-0.2, -0.15) is 5.26 Å². The first-order valence-corrected chi connectivity index (χ1v) is 10.1. The summed E-state index contributed by atoms with van der Waals surface area (Å²) >= 11 is 0. The topological polar surface area (TPSA) is 101 Å². The molecule has 0 aromatic heterocycles. The highest BCUT2D eigenvalue weighted by Crippen LogP contribution is 2.31. The van der Waals surface area contributed by atoms with E-state index >= 15 is 0 Å². The van der Waals surface area contributed by atoms with Crippen molar-refractivity contribution < 1.29 is 23.8 Å². The number of ether oxygens (including phenoxy) is 3. The van der Waals surface area contributed by atoms with Crippen LogP contribution >= 0.6 is 0 Å². The van der Waals surface area contributed by atoms with Crippen molar-refractivity contribution in [2.24, 2.45) is 0 Å². The summed E-state index contributed by atoms with van der Waals surface area (Å²) in [7, 11) is 1.32. The predicted molar refractivity (Wildman–Crippen MR) is 116 cm³/mol. The summed E-state index contributed by atoms with van der Waals surface area (Å²) in [6.07, 6.45) is 2.16. The maximum Gasteiger partial charge on any atom is 0.337 e. The maximum absolute atomic E-state index is 12.6. The number of esters is 1. The van der Waals surface area contributed by atoms with Crippen LogP contribution < -0.4 is 19.7 Å². The van der Waals surface area contributed by atoms with Crippen molar-refractivity contribution in [3.8, 4) is 17.6 Å². The summed E-state index contributed by atoms with van der Waals surface area (Å²) in [6, 6.07) is 11.9. The van der Waals surface area contributed by atoms with Crippen LogP contribution in [-0.2, 0) is 9.53 Å². The van der Waals surface area contributed by atoms with Crippen molar-refractivity contribution in [3.05, 3.63) is 47.5 Å². The molecule has 31 heavy (non-hydrogen) atoms. The largest absolute Gasteiger partial charge is 0.490 e. The molecule has 162 valence electrons. The maximum atomic E-state index is 12.6. The van der Waals surface area contributed by atoms with Gasteiger partial charge in [0.05, 0.1) is 42.3 Å². The van der Waals surface area contributed by atoms with Crippen LogP contribution in [0.15, 0.2) is 36.4 Å². The second-order valence-corrected chi connectivity index (χ2v) is 6.96. The van der Waals surface area contributed by atoms with E-state index in [9.17, 15) is 9.59 Å². The number of anilines is 2. The Bertz CT molecular complexity index is 993. The van der Waals surface area contributed by atoms with Crippen molar-refractivity contribution in [1.29, 1.82) is 5.26 Å². The van der Waals surface area contributed by atoms with E-state index in [-0.39, 0.29) is 12.5 Å². The number of benzene rings is 2. The summed E-state index contributed by atoms with van der Waals surface area (Å²) in [6.45, 7) is 3.74. The lowest BCUT2D eigenvalue weighted by atomic mass is 10.1. The predicted octanol–water partition coefficient (Wildman–Crippen LogP) is 3.36. The molecule has 1 saturated heterocycles. The molecule has 2 aromatic rings. The minimum Gasteiger partial charge on any atom is -0.490 e. The van der Waals surface area contributed by atoms with Gasteiger partial charge in [0.2, 0.25) is 0 Å². The Morgan fingerprint density at radius 2 is 1.87 bits per heavy atom. The number of amides is 1. The number of rotatable bonds is 8. The molecule has 0 unspecified atom stereocenters. The second kappa shape index (κ2) is 10.3. The van der Waals surface area contributed by atoms with Gasteiger partial charge in [-0.25, -0.2) is 4.79 Å². The number of nitrogens with one attached hydrogen (secondary N) is 1. The summed E-state index contributed by atoms with van der Waals surface area (Å²) in [5.74, 6) is -0.0770. The number of carbonyl (C=O) groups excluding carboxylic acids is 2. The van der Waals surface area contributed by atoms with Crippen LogP contribution in [0.2, 0.25) is 0 Å². The summed E-state index contributed by atoms with van der Waals surface area (Å²) < 4.78 is 15.9. The molecule has 1 amide bonds. The lowest BCUT2D eigenvalue weighted by Gasteiger charge is -2.22. The van der Waals surface area contributed by atoms with Gasteiger partial charge in [0.1, 0.15) is 0 Å². The van der Waals surface area contributed by atoms with Crippen LogP contribution in [0, 0.1) is 11.3 Å². The SMILES string of the molecule is CCOc1cc(C#N)ccc1OCC(=O)Nc1cc(C(=O)OC)ccc1N1CCCC1. The molecular formula is C23H25N3O5. The zero-order chi connectivity index (χ0) is 22.2. The van der Waals surface area contributed by atoms with Crippen LogP contribution in [0.3, 0.4) is 0 Å². The molecule has 1 aliphatic rings. The average molecular weight is 423 g/mol. The Balaban J connectivity index is 1.75. The van der Waals surface area contributed by atoms with E-state index in [1.54, 1.807) is 30.3 Å². The molecule has 1 fully saturated rings. The molecule has 8 heteroatoms. The van der Waals surface area contributed by atoms with Crippen molar-refractivity contribution in [2.75, 3.05) is 43.6 Å². The minimum absolute atomic E-state index is 0.256. The lowest BCUT2D eigenvalue weighted by Crippen LogP contribution is -2.24. The summed E-state index contributed by atoms with van der Waals surface area (Å²) in [4.78, 5) is 26.7. The molecule has 8 nitrogen and oxygen atoms in total. The van der Waals surface area contributed by atoms with Crippen LogP contribution in [0.4, 0.5) is 11.4 Å². The third-order valence-electron chi connectivity index (χ3n) is 4.87. The van der Waals surface area contributed by atoms with E-state index in [4.69, 9.17) is 19.5 Å². The highest BCUT2D eigenvalue weighted by atomic mass is 16.5. The van der Waals surface area contributed by atoms with Gasteiger partial charge in [-0.3, -0.25) is 4.79 Å². The van der Waals surface area contributed by atoms with Gasteiger partial charge in [0.25, 0.3) is 5.91 Å². The van der Waals surface area contributed by atoms with Crippen molar-refractivity contribution in [2.45, 2.75) is 19.8 Å². The van der Waals surface area contributed by atoms with Gasteiger partial charge in [-0.15, -0.1) is 0 Å². The standard InChI is InChI=1S/C23H25N3O5/c1-3-30-21-12-16(14-24)6-9-20(21)31-15-22(27)25-18-13-17(23(28)29-2)7-8-19(18)26-10-4-5-11-26/h6-9,12-13H,3-5,10-11,15H2,1-2H3,(H,25,27). The molecule has 0 radical (unpaired) electrons. The quantitative estimate of drug-likeness (QED) is 0.650. The Morgan fingerprint density at radius 3 is 2.55 bits per heavy atom. The van der Waals surface area contributed by atoms with Gasteiger partial charge in [0.15, 0.2) is 18.1 Å². The third kappa shape index (κ3) is 5.45. The molecule has 0 spiro atoms. The molecular weight excluding hydrogens is 398 g/mol. The molecule has 1 aliphatic heterocycles. The molecule has 0 atom stereocenters. The minimum atomic E-state index is -0.473. The van der Waals surface area contributed by atoms with E-state index < -0.39 is 5.97 Å². The first kappa shape index (κ1) is 22.0. The fourth-order valence-corrected chi connectivity index (χ4v) is 3.41. The van der Waals surface area contributed by atoms with Crippen LogP contribution in [0.5, 0.6) is 11.5 Å². The zero-order valence-electron chi connectivity index (χ0n) is 17.6. The molecule has 3 rings (SSSR count). The smallest absolute Gasteiger partial charge is 0.337 e. The number of carbonyl (C=O) groups is 2. The number of nitriles is 1. The molecule has 0 bridgehead atoms. The average Bonchev–Trinajstić information content (AvgIpc) is 3.32. The molecule has 1 N–H and O–H groups in total. The highest BCUT2D eigenvalue weighted by Gasteiger charge is 2.19. The Labute approximate surface area is 181 Å². The normalized spacial score (nSPS) is 12.7. The first-order chi connectivity index (χ1) is 15.0. The summed E-state index contributed by atoms with van der Waals surface area (Å²) in [5.41, 5.74) is 2.18. The third-order valence-corrected chi connectivity index (χ3v) is 4.87. The van der Waals surface area contributed by atoms with E-state index in [1.807, 2.05) is 19.1 Å². The van der Waals surface area contributed by atoms with E-state index in [0.717, 1.165) is 31.6 Å². The van der Waals surface area contributed by atoms with Crippen molar-refractivity contribution in [1.82, 2.24) is 0 Å². The van der Waals surface area contributed by atoms with Crippen molar-refractivity contribution >= 4 is 23.3 Å². The molecule has 1 heterocycles. The first-order valence-electron chi connectivity index (χ1n) is 10.1. The molecule has 0 saturated carbocycles. The fraction of sp³-hybridized carbons (Fsp3) is 0.348. The number of nitrogens with zero attached hydrogens (tertiary/aromatic N) is 2. The van der Waals surface area contributed by atoms with Crippen molar-refractivity contribution in [3.63, 3.8) is 0 Å². The van der Waals surface area contributed by atoms with E-state index in [0.29, 0.717) is 34.9 Å². The fourth-order valence-electron chi connectivity index (χ4n) is 3.41. The molecule has 0 aliphatic carbocycles. The summed E-state index contributed by atoms with van der Waals surface area (Å²) in [5, 5.41) is 11.9. The second-order valence-electron chi connectivity index (χ2n) is 6.96. The lowest BCUT2D eigenvalue weighted by molar-refractivity contribution is -0.118. The van der Waals surface area contributed by atoms with Crippen LogP contribution in [0.25, 0.3) is 0 Å². The number of methoxy groups -OCH3 is 1. The van der Waals surface area contributed by atoms with Gasteiger partial charge in [-0.1, -0.05) is 0 Å². The molecule has 2 aromatic carbocycles. The van der Waals surface area contributed by atoms with Crippen LogP contribution in [0.1, 0.15) is 35.7 Å². The van der Waals surface area contributed by atoms with Gasteiger partial charge < -0.3 is 24.4 Å². The Kier molecular flexibility index (Phi) is 7.33. The zero-order valence-corrected chi connectivity index (χ0v) is 17.6. The van der Waals surface area contributed by atoms with Crippen LogP contribution in [-0.4, -0.2) is 45.3 Å². The monoisotopic (exact) mass is 423 g/mol.